The Morgan fingerprint density at radius 3 is 2.70 bits per heavy atom. The van der Waals surface area contributed by atoms with Gasteiger partial charge in [0.2, 0.25) is 0 Å². The lowest BCUT2D eigenvalue weighted by Crippen LogP contribution is -2.41. The Labute approximate surface area is 161 Å². The number of aliphatic hydroxyl groups excluding tert-OH is 1. The molecule has 0 spiro atoms. The van der Waals surface area contributed by atoms with Crippen LogP contribution in [0.5, 0.6) is 0 Å². The quantitative estimate of drug-likeness (QED) is 0.824. The number of hydrogen-bond donors (Lipinski definition) is 2. The van der Waals surface area contributed by atoms with Crippen molar-refractivity contribution in [2.24, 2.45) is 5.92 Å². The second kappa shape index (κ2) is 9.11. The number of likely N-dealkylation sites (tertiary alicyclic amines) is 1. The maximum Gasteiger partial charge on any atom is 0.251 e. The number of nitrogens with zero attached hydrogens (tertiary/aromatic N) is 2. The van der Waals surface area contributed by atoms with Crippen LogP contribution in [0.2, 0.25) is 0 Å². The summed E-state index contributed by atoms with van der Waals surface area (Å²) in [5.41, 5.74) is 4.83. The number of hydrogen-bond acceptors (Lipinski definition) is 4. The molecule has 5 heteroatoms. The molecular weight excluding hydrogens is 338 g/mol. The molecule has 2 aromatic rings. The van der Waals surface area contributed by atoms with Crippen LogP contribution < -0.4 is 5.32 Å². The first-order valence-electron chi connectivity index (χ1n) is 9.73. The van der Waals surface area contributed by atoms with Crippen molar-refractivity contribution in [2.75, 3.05) is 32.8 Å². The van der Waals surface area contributed by atoms with Crippen LogP contribution in [0.4, 0.5) is 0 Å². The van der Waals surface area contributed by atoms with Gasteiger partial charge in [-0.15, -0.1) is 0 Å². The standard InChI is InChI=1S/C22H29N3O2/c1-16-5-10-21(17(2)24-16)19-6-8-20(9-7-19)22(27)23-11-13-25-12-3-4-18(14-25)15-26/h5-10,18,26H,3-4,11-15H2,1-2H3,(H,23,27). The number of nitrogens with one attached hydrogen (secondary N) is 1. The highest BCUT2D eigenvalue weighted by Gasteiger charge is 2.18. The molecule has 0 saturated carbocycles. The van der Waals surface area contributed by atoms with Crippen molar-refractivity contribution >= 4 is 5.91 Å². The van der Waals surface area contributed by atoms with E-state index in [1.54, 1.807) is 0 Å². The van der Waals surface area contributed by atoms with Crippen LogP contribution in [0, 0.1) is 19.8 Å². The van der Waals surface area contributed by atoms with Crippen molar-refractivity contribution in [3.8, 4) is 11.1 Å². The van der Waals surface area contributed by atoms with E-state index >= 15 is 0 Å². The van der Waals surface area contributed by atoms with E-state index in [9.17, 15) is 9.90 Å². The van der Waals surface area contributed by atoms with Crippen LogP contribution in [0.25, 0.3) is 11.1 Å². The molecule has 3 rings (SSSR count). The molecule has 27 heavy (non-hydrogen) atoms. The fraction of sp³-hybridized carbons (Fsp3) is 0.455. The number of amides is 1. The number of aromatic nitrogens is 1. The van der Waals surface area contributed by atoms with Gasteiger partial charge in [-0.25, -0.2) is 0 Å². The largest absolute Gasteiger partial charge is 0.396 e. The minimum atomic E-state index is -0.0454. The van der Waals surface area contributed by atoms with Gasteiger partial charge in [0.15, 0.2) is 0 Å². The molecule has 0 radical (unpaired) electrons. The normalized spacial score (nSPS) is 17.7. The van der Waals surface area contributed by atoms with Gasteiger partial charge in [-0.3, -0.25) is 9.78 Å². The summed E-state index contributed by atoms with van der Waals surface area (Å²) in [7, 11) is 0. The van der Waals surface area contributed by atoms with Crippen molar-refractivity contribution < 1.29 is 9.90 Å². The molecule has 0 bridgehead atoms. The molecular formula is C22H29N3O2. The van der Waals surface area contributed by atoms with Gasteiger partial charge in [0.05, 0.1) is 0 Å². The van der Waals surface area contributed by atoms with E-state index in [1.807, 2.05) is 44.2 Å². The number of piperidine rings is 1. The van der Waals surface area contributed by atoms with E-state index in [0.717, 1.165) is 55.0 Å². The number of carbonyl (C=O) groups is 1. The number of aryl methyl sites for hydroxylation is 2. The number of pyridine rings is 1. The van der Waals surface area contributed by atoms with E-state index in [2.05, 4.69) is 21.3 Å². The smallest absolute Gasteiger partial charge is 0.251 e. The van der Waals surface area contributed by atoms with Crippen molar-refractivity contribution in [3.63, 3.8) is 0 Å². The third kappa shape index (κ3) is 5.15. The van der Waals surface area contributed by atoms with Gasteiger partial charge in [-0.2, -0.15) is 0 Å². The number of rotatable bonds is 6. The highest BCUT2D eigenvalue weighted by molar-refractivity contribution is 5.94. The number of benzene rings is 1. The number of aliphatic hydroxyl groups is 1. The maximum absolute atomic E-state index is 12.4. The van der Waals surface area contributed by atoms with E-state index in [-0.39, 0.29) is 12.5 Å². The Kier molecular flexibility index (Phi) is 6.58. The summed E-state index contributed by atoms with van der Waals surface area (Å²) >= 11 is 0. The predicted octanol–water partition coefficient (Wildman–Crippen LogP) is 2.80. The zero-order valence-corrected chi connectivity index (χ0v) is 16.2. The van der Waals surface area contributed by atoms with E-state index in [4.69, 9.17) is 0 Å². The summed E-state index contributed by atoms with van der Waals surface area (Å²) in [6.07, 6.45) is 2.22. The first kappa shape index (κ1) is 19.5. The molecule has 2 N–H and O–H groups in total. The van der Waals surface area contributed by atoms with E-state index in [1.165, 1.54) is 0 Å². The average molecular weight is 367 g/mol. The van der Waals surface area contributed by atoms with Crippen molar-refractivity contribution in [1.29, 1.82) is 0 Å². The SMILES string of the molecule is Cc1ccc(-c2ccc(C(=O)NCCN3CCCC(CO)C3)cc2)c(C)n1. The fourth-order valence-electron chi connectivity index (χ4n) is 3.73. The molecule has 5 nitrogen and oxygen atoms in total. The van der Waals surface area contributed by atoms with Crippen LogP contribution in [0.1, 0.15) is 34.6 Å². The lowest BCUT2D eigenvalue weighted by atomic mass is 9.99. The minimum absolute atomic E-state index is 0.0454. The molecule has 1 unspecified atom stereocenters. The lowest BCUT2D eigenvalue weighted by Gasteiger charge is -2.31. The second-order valence-electron chi connectivity index (χ2n) is 7.41. The third-order valence-corrected chi connectivity index (χ3v) is 5.26. The molecule has 1 fully saturated rings. The molecule has 1 amide bonds. The molecule has 1 aliphatic heterocycles. The molecule has 1 aromatic carbocycles. The van der Waals surface area contributed by atoms with Crippen LogP contribution >= 0.6 is 0 Å². The van der Waals surface area contributed by atoms with E-state index < -0.39 is 0 Å². The number of carbonyl (C=O) groups excluding carboxylic acids is 1. The predicted molar refractivity (Wildman–Crippen MR) is 108 cm³/mol. The zero-order chi connectivity index (χ0) is 19.2. The van der Waals surface area contributed by atoms with Gasteiger partial charge in [0.25, 0.3) is 5.91 Å². The Morgan fingerprint density at radius 1 is 1.22 bits per heavy atom. The summed E-state index contributed by atoms with van der Waals surface area (Å²) < 4.78 is 0. The second-order valence-corrected chi connectivity index (χ2v) is 7.41. The van der Waals surface area contributed by atoms with Gasteiger partial charge >= 0.3 is 0 Å². The summed E-state index contributed by atoms with van der Waals surface area (Å²) in [5, 5.41) is 12.3. The first-order chi connectivity index (χ1) is 13.1. The minimum Gasteiger partial charge on any atom is -0.396 e. The van der Waals surface area contributed by atoms with E-state index in [0.29, 0.717) is 18.0 Å². The van der Waals surface area contributed by atoms with Gasteiger partial charge in [-0.05, 0) is 62.9 Å². The highest BCUT2D eigenvalue weighted by Crippen LogP contribution is 2.22. The van der Waals surface area contributed by atoms with Crippen LogP contribution in [-0.4, -0.2) is 53.7 Å². The summed E-state index contributed by atoms with van der Waals surface area (Å²) in [5.74, 6) is 0.331. The first-order valence-corrected chi connectivity index (χ1v) is 9.73. The van der Waals surface area contributed by atoms with Crippen LogP contribution in [0.3, 0.4) is 0 Å². The topological polar surface area (TPSA) is 65.5 Å². The molecule has 2 heterocycles. The van der Waals surface area contributed by atoms with Gasteiger partial charge < -0.3 is 15.3 Å². The Bertz CT molecular complexity index is 774. The highest BCUT2D eigenvalue weighted by atomic mass is 16.3. The van der Waals surface area contributed by atoms with Crippen LogP contribution in [-0.2, 0) is 0 Å². The molecule has 1 aliphatic rings. The zero-order valence-electron chi connectivity index (χ0n) is 16.2. The van der Waals surface area contributed by atoms with Crippen molar-refractivity contribution in [1.82, 2.24) is 15.2 Å². The molecule has 1 atom stereocenters. The average Bonchev–Trinajstić information content (AvgIpc) is 2.68. The Balaban J connectivity index is 1.53. The van der Waals surface area contributed by atoms with Gasteiger partial charge in [0, 0.05) is 48.8 Å². The molecule has 1 aromatic heterocycles. The summed E-state index contributed by atoms with van der Waals surface area (Å²) in [6.45, 7) is 7.67. The fourth-order valence-corrected chi connectivity index (χ4v) is 3.73. The lowest BCUT2D eigenvalue weighted by molar-refractivity contribution is 0.0930. The Morgan fingerprint density at radius 2 is 2.00 bits per heavy atom. The van der Waals surface area contributed by atoms with Crippen LogP contribution in [0.15, 0.2) is 36.4 Å². The molecule has 0 aliphatic carbocycles. The summed E-state index contributed by atoms with van der Waals surface area (Å²) in [6, 6.07) is 11.8. The monoisotopic (exact) mass is 367 g/mol. The Hall–Kier alpha value is -2.24. The van der Waals surface area contributed by atoms with Crippen molar-refractivity contribution in [2.45, 2.75) is 26.7 Å². The maximum atomic E-state index is 12.4. The van der Waals surface area contributed by atoms with Gasteiger partial charge in [0.1, 0.15) is 0 Å². The molecule has 1 saturated heterocycles. The van der Waals surface area contributed by atoms with Crippen molar-refractivity contribution in [3.05, 3.63) is 53.3 Å². The summed E-state index contributed by atoms with van der Waals surface area (Å²) in [4.78, 5) is 19.2. The van der Waals surface area contributed by atoms with Gasteiger partial charge in [-0.1, -0.05) is 18.2 Å². The molecule has 144 valence electrons. The third-order valence-electron chi connectivity index (χ3n) is 5.26.